The number of benzene rings is 2. The number of ketones is 1. The first-order chi connectivity index (χ1) is 13.4. The lowest BCUT2D eigenvalue weighted by atomic mass is 10.1. The van der Waals surface area contributed by atoms with Crippen molar-refractivity contribution in [1.82, 2.24) is 4.98 Å². The Labute approximate surface area is 161 Å². The smallest absolute Gasteiger partial charge is 0.331 e. The molecule has 1 N–H and O–H groups in total. The highest BCUT2D eigenvalue weighted by Gasteiger charge is 2.18. The van der Waals surface area contributed by atoms with Crippen molar-refractivity contribution < 1.29 is 23.5 Å². The second-order valence-electron chi connectivity index (χ2n) is 6.02. The molecule has 1 amide bonds. The fraction of sp³-hybridized carbons (Fsp3) is 0.143. The van der Waals surface area contributed by atoms with E-state index in [2.05, 4.69) is 10.3 Å². The number of carbonyl (C=O) groups is 3. The molecule has 3 aromatic rings. The second-order valence-corrected chi connectivity index (χ2v) is 6.02. The van der Waals surface area contributed by atoms with Gasteiger partial charge < -0.3 is 14.5 Å². The molecule has 7 nitrogen and oxygen atoms in total. The average Bonchev–Trinajstić information content (AvgIpc) is 3.09. The van der Waals surface area contributed by atoms with Crippen LogP contribution in [0.3, 0.4) is 0 Å². The summed E-state index contributed by atoms with van der Waals surface area (Å²) in [6, 6.07) is 13.8. The number of carbonyl (C=O) groups excluding carboxylic acids is 3. The van der Waals surface area contributed by atoms with E-state index in [1.54, 1.807) is 36.4 Å². The fourth-order valence-electron chi connectivity index (χ4n) is 2.50. The summed E-state index contributed by atoms with van der Waals surface area (Å²) in [6.45, 7) is 2.85. The van der Waals surface area contributed by atoms with Gasteiger partial charge in [-0.2, -0.15) is 0 Å². The molecule has 1 heterocycles. The van der Waals surface area contributed by atoms with E-state index in [0.29, 0.717) is 22.4 Å². The van der Waals surface area contributed by atoms with Crippen LogP contribution in [0.2, 0.25) is 0 Å². The summed E-state index contributed by atoms with van der Waals surface area (Å²) in [7, 11) is 0. The number of nitrogens with zero attached hydrogens (tertiary/aromatic N) is 1. The fourth-order valence-corrected chi connectivity index (χ4v) is 2.50. The molecule has 0 spiro atoms. The van der Waals surface area contributed by atoms with Crippen LogP contribution in [0.1, 0.15) is 30.1 Å². The minimum absolute atomic E-state index is 0.179. The molecule has 2 aromatic carbocycles. The van der Waals surface area contributed by atoms with Crippen molar-refractivity contribution in [3.05, 3.63) is 66.1 Å². The zero-order valence-electron chi connectivity index (χ0n) is 15.3. The molecule has 0 aliphatic rings. The number of ether oxygens (including phenoxy) is 1. The predicted molar refractivity (Wildman–Crippen MR) is 104 cm³/mol. The Morgan fingerprint density at radius 2 is 1.82 bits per heavy atom. The molecular weight excluding hydrogens is 360 g/mol. The lowest BCUT2D eigenvalue weighted by molar-refractivity contribution is -0.148. The van der Waals surface area contributed by atoms with E-state index in [9.17, 15) is 14.4 Å². The van der Waals surface area contributed by atoms with E-state index in [0.717, 1.165) is 6.08 Å². The molecule has 0 unspecified atom stereocenters. The molecule has 3 rings (SSSR count). The van der Waals surface area contributed by atoms with E-state index in [1.807, 2.05) is 12.1 Å². The van der Waals surface area contributed by atoms with E-state index in [4.69, 9.17) is 9.15 Å². The first-order valence-corrected chi connectivity index (χ1v) is 8.59. The monoisotopic (exact) mass is 378 g/mol. The van der Waals surface area contributed by atoms with Crippen LogP contribution in [0.4, 0.5) is 5.69 Å². The Bertz CT molecular complexity index is 1030. The van der Waals surface area contributed by atoms with Crippen molar-refractivity contribution >= 4 is 40.5 Å². The van der Waals surface area contributed by atoms with Crippen LogP contribution in [-0.2, 0) is 14.3 Å². The third kappa shape index (κ3) is 4.50. The Kier molecular flexibility index (Phi) is 5.64. The van der Waals surface area contributed by atoms with Gasteiger partial charge in [-0.25, -0.2) is 9.78 Å². The number of esters is 1. The van der Waals surface area contributed by atoms with Gasteiger partial charge in [0.15, 0.2) is 17.5 Å². The van der Waals surface area contributed by atoms with Gasteiger partial charge in [0.2, 0.25) is 5.89 Å². The molecular formula is C21H18N2O5. The molecule has 7 heteroatoms. The third-order valence-corrected chi connectivity index (χ3v) is 3.90. The standard InChI is InChI=1S/C21H18N2O5/c1-13(24)15-7-3-4-8-16(15)23-21(26)14(2)27-20(25)12-11-19-22-17-9-5-6-10-18(17)28-19/h3-12,14H,1-2H3,(H,23,26)/b12-11+/t14-/m1/s1. The lowest BCUT2D eigenvalue weighted by Crippen LogP contribution is -2.30. The minimum Gasteiger partial charge on any atom is -0.449 e. The highest BCUT2D eigenvalue weighted by molar-refractivity contribution is 6.05. The first-order valence-electron chi connectivity index (χ1n) is 8.59. The molecule has 0 aliphatic heterocycles. The normalized spacial score (nSPS) is 12.1. The molecule has 0 radical (unpaired) electrons. The zero-order valence-corrected chi connectivity index (χ0v) is 15.3. The van der Waals surface area contributed by atoms with Crippen LogP contribution in [0.5, 0.6) is 0 Å². The molecule has 0 aliphatic carbocycles. The Balaban J connectivity index is 1.60. The largest absolute Gasteiger partial charge is 0.449 e. The zero-order chi connectivity index (χ0) is 20.1. The van der Waals surface area contributed by atoms with Crippen molar-refractivity contribution in [2.45, 2.75) is 20.0 Å². The number of hydrogen-bond acceptors (Lipinski definition) is 6. The van der Waals surface area contributed by atoms with Gasteiger partial charge in [0.05, 0.1) is 5.69 Å². The summed E-state index contributed by atoms with van der Waals surface area (Å²) in [6.07, 6.45) is 1.46. The van der Waals surface area contributed by atoms with Crippen LogP contribution in [-0.4, -0.2) is 28.7 Å². The molecule has 0 fully saturated rings. The number of anilines is 1. The molecule has 1 aromatic heterocycles. The van der Waals surface area contributed by atoms with Crippen molar-refractivity contribution in [3.8, 4) is 0 Å². The van der Waals surface area contributed by atoms with E-state index < -0.39 is 18.0 Å². The van der Waals surface area contributed by atoms with E-state index in [-0.39, 0.29) is 11.7 Å². The number of rotatable bonds is 6. The number of hydrogen-bond donors (Lipinski definition) is 1. The SMILES string of the molecule is CC(=O)c1ccccc1NC(=O)[C@@H](C)OC(=O)/C=C/c1nc2ccccc2o1. The van der Waals surface area contributed by atoms with Crippen molar-refractivity contribution in [1.29, 1.82) is 0 Å². The summed E-state index contributed by atoms with van der Waals surface area (Å²) in [5.41, 5.74) is 2.02. The highest BCUT2D eigenvalue weighted by Crippen LogP contribution is 2.17. The number of aromatic nitrogens is 1. The molecule has 142 valence electrons. The molecule has 0 saturated carbocycles. The minimum atomic E-state index is -1.05. The molecule has 0 saturated heterocycles. The van der Waals surface area contributed by atoms with Gasteiger partial charge in [-0.15, -0.1) is 0 Å². The van der Waals surface area contributed by atoms with Crippen molar-refractivity contribution in [3.63, 3.8) is 0 Å². The molecule has 28 heavy (non-hydrogen) atoms. The van der Waals surface area contributed by atoms with Crippen LogP contribution in [0, 0.1) is 0 Å². The average molecular weight is 378 g/mol. The Morgan fingerprint density at radius 1 is 1.11 bits per heavy atom. The maximum Gasteiger partial charge on any atom is 0.331 e. The van der Waals surface area contributed by atoms with Crippen molar-refractivity contribution in [2.75, 3.05) is 5.32 Å². The quantitative estimate of drug-likeness (QED) is 0.400. The number of nitrogens with one attached hydrogen (secondary N) is 1. The maximum absolute atomic E-state index is 12.3. The number of fused-ring (bicyclic) bond motifs is 1. The van der Waals surface area contributed by atoms with E-state index in [1.165, 1.54) is 19.9 Å². The van der Waals surface area contributed by atoms with Crippen molar-refractivity contribution in [2.24, 2.45) is 0 Å². The van der Waals surface area contributed by atoms with Gasteiger partial charge in [0.1, 0.15) is 5.52 Å². The maximum atomic E-state index is 12.3. The summed E-state index contributed by atoms with van der Waals surface area (Å²) >= 11 is 0. The topological polar surface area (TPSA) is 98.5 Å². The summed E-state index contributed by atoms with van der Waals surface area (Å²) in [5.74, 6) is -1.19. The summed E-state index contributed by atoms with van der Waals surface area (Å²) in [5, 5.41) is 2.60. The first kappa shape index (κ1) is 19.0. The second kappa shape index (κ2) is 8.30. The Hall–Kier alpha value is -3.74. The number of oxazole rings is 1. The lowest BCUT2D eigenvalue weighted by Gasteiger charge is -2.14. The van der Waals surface area contributed by atoms with Crippen LogP contribution in [0.25, 0.3) is 17.2 Å². The predicted octanol–water partition coefficient (Wildman–Crippen LogP) is 3.61. The number of amides is 1. The van der Waals surface area contributed by atoms with E-state index >= 15 is 0 Å². The summed E-state index contributed by atoms with van der Waals surface area (Å²) < 4.78 is 10.6. The number of para-hydroxylation sites is 3. The van der Waals surface area contributed by atoms with Gasteiger partial charge in [0.25, 0.3) is 5.91 Å². The van der Waals surface area contributed by atoms with Gasteiger partial charge in [-0.05, 0) is 38.1 Å². The van der Waals surface area contributed by atoms with Crippen LogP contribution in [0.15, 0.2) is 59.0 Å². The van der Waals surface area contributed by atoms with Crippen LogP contribution < -0.4 is 5.32 Å². The van der Waals surface area contributed by atoms with Gasteiger partial charge in [-0.1, -0.05) is 24.3 Å². The molecule has 0 bridgehead atoms. The van der Waals surface area contributed by atoms with Gasteiger partial charge in [-0.3, -0.25) is 9.59 Å². The third-order valence-electron chi connectivity index (χ3n) is 3.90. The van der Waals surface area contributed by atoms with Gasteiger partial charge >= 0.3 is 5.97 Å². The van der Waals surface area contributed by atoms with Crippen LogP contribution >= 0.6 is 0 Å². The number of Topliss-reactive ketones (excluding diaryl/α,β-unsaturated/α-hetero) is 1. The highest BCUT2D eigenvalue weighted by atomic mass is 16.5. The van der Waals surface area contributed by atoms with Gasteiger partial charge in [0, 0.05) is 17.7 Å². The summed E-state index contributed by atoms with van der Waals surface area (Å²) in [4.78, 5) is 40.0. The molecule has 1 atom stereocenters. The Morgan fingerprint density at radius 3 is 2.57 bits per heavy atom.